The van der Waals surface area contributed by atoms with Gasteiger partial charge in [0.2, 0.25) is 11.1 Å². The number of carbonyl (C=O) groups excluding carboxylic acids is 6. The zero-order valence-corrected chi connectivity index (χ0v) is 50.4. The summed E-state index contributed by atoms with van der Waals surface area (Å²) < 4.78 is 42.0. The van der Waals surface area contributed by atoms with Crippen molar-refractivity contribution in [2.24, 2.45) is 0 Å². The predicted molar refractivity (Wildman–Crippen MR) is 327 cm³/mol. The predicted octanol–water partition coefficient (Wildman–Crippen LogP) is 12.3. The van der Waals surface area contributed by atoms with E-state index >= 15 is 0 Å². The van der Waals surface area contributed by atoms with Crippen molar-refractivity contribution in [2.45, 2.75) is 117 Å². The molecule has 0 aromatic heterocycles. The fourth-order valence-electron chi connectivity index (χ4n) is 8.07. The van der Waals surface area contributed by atoms with Crippen LogP contribution in [0.15, 0.2) is 158 Å². The van der Waals surface area contributed by atoms with Gasteiger partial charge >= 0.3 is 23.9 Å². The number of benzene rings is 6. The minimum Gasteiger partial charge on any atom is -0.494 e. The van der Waals surface area contributed by atoms with Gasteiger partial charge in [0, 0.05) is 45.3 Å². The molecule has 85 heavy (non-hydrogen) atoms. The molecule has 1 amide bonds. The Bertz CT molecular complexity index is 2820. The smallest absolute Gasteiger partial charge is 0.306 e. The molecule has 6 aromatic carbocycles. The average Bonchev–Trinajstić information content (AvgIpc) is 3.56. The molecule has 0 aliphatic heterocycles. The Hall–Kier alpha value is -8.21. The molecule has 17 heteroatoms. The maximum Gasteiger partial charge on any atom is 0.306 e. The monoisotopic (exact) mass is 1190 g/mol. The van der Waals surface area contributed by atoms with Gasteiger partial charge in [-0.3, -0.25) is 28.8 Å². The Balaban J connectivity index is 0.000000323. The zero-order valence-electron chi connectivity index (χ0n) is 49.6. The van der Waals surface area contributed by atoms with Gasteiger partial charge in [-0.25, -0.2) is 0 Å². The van der Waals surface area contributed by atoms with Crippen molar-refractivity contribution in [3.63, 3.8) is 0 Å². The third-order valence-corrected chi connectivity index (χ3v) is 12.9. The maximum absolute atomic E-state index is 12.9. The molecule has 0 aliphatic rings. The highest BCUT2D eigenvalue weighted by molar-refractivity contribution is 6.63. The summed E-state index contributed by atoms with van der Waals surface area (Å²) in [5.74, 6) is 1.74. The van der Waals surface area contributed by atoms with E-state index in [-0.39, 0.29) is 63.2 Å². The summed E-state index contributed by atoms with van der Waals surface area (Å²) >= 11 is 4.93. The van der Waals surface area contributed by atoms with Crippen LogP contribution in [0.1, 0.15) is 111 Å². The van der Waals surface area contributed by atoms with E-state index in [0.717, 1.165) is 72.7 Å². The van der Waals surface area contributed by atoms with Gasteiger partial charge in [-0.2, -0.15) is 0 Å². The lowest BCUT2D eigenvalue weighted by atomic mass is 10.1. The quantitative estimate of drug-likeness (QED) is 0.0169. The number of aryl methyl sites for hydroxylation is 2. The summed E-state index contributed by atoms with van der Waals surface area (Å²) in [6.07, 6.45) is 5.94. The van der Waals surface area contributed by atoms with Crippen LogP contribution < -0.4 is 24.3 Å². The normalized spacial score (nSPS) is 10.4. The van der Waals surface area contributed by atoms with E-state index in [1.54, 1.807) is 4.90 Å². The Morgan fingerprint density at radius 2 is 0.835 bits per heavy atom. The van der Waals surface area contributed by atoms with E-state index in [9.17, 15) is 28.8 Å². The van der Waals surface area contributed by atoms with Crippen molar-refractivity contribution in [1.82, 2.24) is 10.2 Å². The lowest BCUT2D eigenvalue weighted by Crippen LogP contribution is -2.32. The van der Waals surface area contributed by atoms with E-state index in [4.69, 9.17) is 44.8 Å². The molecule has 0 saturated carbocycles. The molecule has 0 bridgehead atoms. The fraction of sp³-hybridized carbons (Fsp3) is 0.382. The molecular weight excluding hydrogens is 1100 g/mol. The highest BCUT2D eigenvalue weighted by Gasteiger charge is 2.17. The number of methoxy groups -OCH3 is 2. The van der Waals surface area contributed by atoms with Crippen LogP contribution in [-0.4, -0.2) is 93.7 Å². The summed E-state index contributed by atoms with van der Waals surface area (Å²) in [6.45, 7) is 9.33. The second-order valence-corrected chi connectivity index (χ2v) is 19.8. The Morgan fingerprint density at radius 1 is 0.424 bits per heavy atom. The Morgan fingerprint density at radius 3 is 1.27 bits per heavy atom. The molecule has 0 fully saturated rings. The molecule has 0 unspecified atom stereocenters. The van der Waals surface area contributed by atoms with Gasteiger partial charge in [-0.05, 0) is 152 Å². The highest BCUT2D eigenvalue weighted by atomic mass is 35.5. The van der Waals surface area contributed by atoms with Gasteiger partial charge in [-0.15, -0.1) is 0 Å². The van der Waals surface area contributed by atoms with Gasteiger partial charge in [0.1, 0.15) is 36.2 Å². The summed E-state index contributed by atoms with van der Waals surface area (Å²) in [5, 5.41) is 2.98. The molecule has 16 nitrogen and oxygen atoms in total. The molecule has 0 heterocycles. The second-order valence-electron chi connectivity index (χ2n) is 19.3. The van der Waals surface area contributed by atoms with Crippen molar-refractivity contribution in [3.05, 3.63) is 191 Å². The highest BCUT2D eigenvalue weighted by Crippen LogP contribution is 2.19. The van der Waals surface area contributed by atoms with Crippen LogP contribution in [0.5, 0.6) is 23.0 Å². The molecule has 6 aromatic rings. The Labute approximate surface area is 506 Å². The van der Waals surface area contributed by atoms with Crippen molar-refractivity contribution in [3.8, 4) is 23.0 Å². The minimum absolute atomic E-state index is 0.0498. The van der Waals surface area contributed by atoms with E-state index in [0.29, 0.717) is 64.5 Å². The molecule has 0 spiro atoms. The van der Waals surface area contributed by atoms with Crippen molar-refractivity contribution in [1.29, 1.82) is 0 Å². The molecule has 1 N–H and O–H groups in total. The number of halogens is 1. The number of amides is 1. The topological polar surface area (TPSA) is 192 Å². The van der Waals surface area contributed by atoms with Crippen molar-refractivity contribution in [2.75, 3.05) is 53.7 Å². The number of nitrogens with one attached hydrogen (secondary N) is 1. The van der Waals surface area contributed by atoms with Gasteiger partial charge in [0.15, 0.2) is 0 Å². The van der Waals surface area contributed by atoms with E-state index in [1.807, 2.05) is 117 Å². The number of hydrogen-bond donors (Lipinski definition) is 1. The van der Waals surface area contributed by atoms with Crippen LogP contribution in [0.2, 0.25) is 0 Å². The molecule has 0 radical (unpaired) electrons. The minimum atomic E-state index is -0.514. The molecule has 6 rings (SSSR count). The first-order valence-corrected chi connectivity index (χ1v) is 29.3. The van der Waals surface area contributed by atoms with E-state index in [1.165, 1.54) is 30.9 Å². The third-order valence-electron chi connectivity index (χ3n) is 12.7. The number of esters is 4. The number of ether oxygens (including phenoxy) is 8. The van der Waals surface area contributed by atoms with Crippen LogP contribution in [-0.2, 0) is 86.9 Å². The lowest BCUT2D eigenvalue weighted by molar-refractivity contribution is -0.146. The van der Waals surface area contributed by atoms with Gasteiger partial charge in [0.05, 0.1) is 53.5 Å². The largest absolute Gasteiger partial charge is 0.494 e. The number of nitrogens with zero attached hydrogens (tertiary/aromatic N) is 1. The number of hydrogen-bond acceptors (Lipinski definition) is 15. The van der Waals surface area contributed by atoms with Crippen LogP contribution in [0.3, 0.4) is 0 Å². The average molecular weight is 1190 g/mol. The lowest BCUT2D eigenvalue weighted by Gasteiger charge is -2.23. The van der Waals surface area contributed by atoms with Crippen LogP contribution in [0.25, 0.3) is 0 Å². The fourth-order valence-corrected chi connectivity index (χ4v) is 8.17. The SMILES string of the molecule is CCOc1ccc(COC(=O)CCCOc2ccc(CN(CCCc3ccccc3)C(=O)CCC(=O)OC)cc2)cc1.CCOc1ccc(COC(=O)CCCOc2ccc(CNCCCc3ccccc3)cc2)cc1.COC(=O)CCC(=O)Cl. The standard InChI is InChI=1S/C34H41NO7.C29H35NO4.C5H7ClO3/c1-3-40-30-19-15-29(16-20-30)26-42-34(38)12-8-24-41-31-17-13-28(14-18-31)25-35(32(36)21-22-33(37)39-2)23-7-11-27-9-5-4-6-10-27;1-2-32-27-18-14-26(15-19-27)23-34-29(31)11-7-21-33-28-16-12-25(13-17-28)22-30-20-6-10-24-8-4-3-5-9-24;1-9-5(8)3-2-4(6)7/h4-6,9-10,13-20H,3,7-8,11-12,21-26H2,1-2H3;3-5,8-9,12-19,30H,2,6-7,10-11,20-23H2,1H3;2-3H2,1H3. The van der Waals surface area contributed by atoms with E-state index < -0.39 is 17.2 Å². The zero-order chi connectivity index (χ0) is 61.1. The summed E-state index contributed by atoms with van der Waals surface area (Å²) in [5.41, 5.74) is 6.65. The second kappa shape index (κ2) is 42.6. The summed E-state index contributed by atoms with van der Waals surface area (Å²) in [6, 6.07) is 51.5. The first kappa shape index (κ1) is 69.3. The van der Waals surface area contributed by atoms with Crippen LogP contribution in [0, 0.1) is 0 Å². The van der Waals surface area contributed by atoms with Crippen molar-refractivity contribution < 1.29 is 66.7 Å². The van der Waals surface area contributed by atoms with E-state index in [2.05, 4.69) is 64.7 Å². The maximum atomic E-state index is 12.9. The molecule has 0 aliphatic carbocycles. The Kier molecular flexibility index (Phi) is 34.7. The van der Waals surface area contributed by atoms with Gasteiger partial charge in [0.25, 0.3) is 0 Å². The first-order valence-electron chi connectivity index (χ1n) is 28.9. The number of carbonyl (C=O) groups is 6. The molecular formula is C68H83ClN2O14. The first-order chi connectivity index (χ1) is 41.3. The van der Waals surface area contributed by atoms with Crippen LogP contribution >= 0.6 is 11.6 Å². The summed E-state index contributed by atoms with van der Waals surface area (Å²) in [7, 11) is 2.59. The third kappa shape index (κ3) is 31.9. The molecule has 456 valence electrons. The number of rotatable bonds is 36. The van der Waals surface area contributed by atoms with Gasteiger partial charge < -0.3 is 48.1 Å². The van der Waals surface area contributed by atoms with Crippen LogP contribution in [0.4, 0.5) is 0 Å². The summed E-state index contributed by atoms with van der Waals surface area (Å²) in [4.78, 5) is 70.6. The van der Waals surface area contributed by atoms with Crippen molar-refractivity contribution >= 4 is 46.6 Å². The van der Waals surface area contributed by atoms with Gasteiger partial charge in [-0.1, -0.05) is 109 Å². The molecule has 0 atom stereocenters. The molecule has 0 saturated heterocycles.